The molecular formula is C18H22F2N4O3. The topological polar surface area (TPSA) is 107 Å². The maximum Gasteiger partial charge on any atom is 0.271 e. The molecule has 1 fully saturated rings. The van der Waals surface area contributed by atoms with Gasteiger partial charge in [-0.3, -0.25) is 14.7 Å². The van der Waals surface area contributed by atoms with Crippen LogP contribution in [0.5, 0.6) is 0 Å². The minimum Gasteiger partial charge on any atom is -0.400 e. The van der Waals surface area contributed by atoms with Crippen molar-refractivity contribution in [2.75, 3.05) is 12.4 Å². The van der Waals surface area contributed by atoms with Gasteiger partial charge in [0.2, 0.25) is 0 Å². The third-order valence-corrected chi connectivity index (χ3v) is 4.24. The highest BCUT2D eigenvalue weighted by Gasteiger charge is 2.23. The quantitative estimate of drug-likeness (QED) is 0.654. The predicted molar refractivity (Wildman–Crippen MR) is 95.4 cm³/mol. The second kappa shape index (κ2) is 9.77. The average Bonchev–Trinajstić information content (AvgIpc) is 3.12. The van der Waals surface area contributed by atoms with Gasteiger partial charge in [0.1, 0.15) is 22.9 Å². The molecule has 1 saturated carbocycles. The summed E-state index contributed by atoms with van der Waals surface area (Å²) in [5.74, 6) is -3.35. The lowest BCUT2D eigenvalue weighted by Crippen LogP contribution is -2.36. The van der Waals surface area contributed by atoms with Gasteiger partial charge in [-0.15, -0.1) is 0 Å². The number of halogens is 2. The minimum atomic E-state index is -0.983. The Morgan fingerprint density at radius 2 is 1.74 bits per heavy atom. The molecule has 146 valence electrons. The smallest absolute Gasteiger partial charge is 0.271 e. The Bertz CT molecular complexity index is 768. The molecule has 0 aliphatic heterocycles. The third-order valence-electron chi connectivity index (χ3n) is 4.24. The maximum absolute atomic E-state index is 13.7. The molecule has 1 aliphatic carbocycles. The van der Waals surface area contributed by atoms with Crippen molar-refractivity contribution in [3.8, 4) is 0 Å². The zero-order valence-corrected chi connectivity index (χ0v) is 14.9. The van der Waals surface area contributed by atoms with Crippen LogP contribution < -0.4 is 10.6 Å². The molecule has 1 aromatic carbocycles. The van der Waals surface area contributed by atoms with E-state index < -0.39 is 29.0 Å². The summed E-state index contributed by atoms with van der Waals surface area (Å²) in [6.07, 6.45) is 6.32. The summed E-state index contributed by atoms with van der Waals surface area (Å²) < 4.78 is 27.4. The Morgan fingerprint density at radius 3 is 2.37 bits per heavy atom. The number of nitrogens with one attached hydrogen (secondary N) is 3. The van der Waals surface area contributed by atoms with Crippen molar-refractivity contribution in [3.63, 3.8) is 0 Å². The van der Waals surface area contributed by atoms with Crippen LogP contribution in [0.15, 0.2) is 24.4 Å². The SMILES string of the molecule is CO.O=C(NC1CCCCC1)c1[nH]ncc1NC(=O)c1c(F)cccc1F. The van der Waals surface area contributed by atoms with Crippen LogP contribution in [0.1, 0.15) is 53.0 Å². The van der Waals surface area contributed by atoms with Gasteiger partial charge in [0, 0.05) is 13.2 Å². The average molecular weight is 380 g/mol. The first-order valence-electron chi connectivity index (χ1n) is 8.60. The van der Waals surface area contributed by atoms with Crippen molar-refractivity contribution in [2.24, 2.45) is 0 Å². The van der Waals surface area contributed by atoms with Gasteiger partial charge in [0.15, 0.2) is 0 Å². The molecule has 0 saturated heterocycles. The van der Waals surface area contributed by atoms with E-state index in [-0.39, 0.29) is 17.4 Å². The van der Waals surface area contributed by atoms with E-state index in [9.17, 15) is 18.4 Å². The van der Waals surface area contributed by atoms with Crippen molar-refractivity contribution in [1.82, 2.24) is 15.5 Å². The molecule has 1 heterocycles. The largest absolute Gasteiger partial charge is 0.400 e. The third kappa shape index (κ3) is 5.10. The molecule has 3 rings (SSSR count). The standard InChI is InChI=1S/C17H18F2N4O2.CH4O/c18-11-7-4-8-12(19)14(11)16(24)22-13-9-20-23-15(13)17(25)21-10-5-2-1-3-6-10;1-2/h4,7-10H,1-3,5-6H2,(H,20,23)(H,21,25)(H,22,24);2H,1H3. The predicted octanol–water partition coefficient (Wildman–Crippen LogP) is 2.61. The van der Waals surface area contributed by atoms with Crippen LogP contribution in [-0.4, -0.2) is 40.3 Å². The van der Waals surface area contributed by atoms with Gasteiger partial charge in [-0.2, -0.15) is 5.10 Å². The number of carbonyl (C=O) groups excluding carboxylic acids is 2. The molecule has 9 heteroatoms. The number of H-pyrrole nitrogens is 1. The molecule has 0 radical (unpaired) electrons. The van der Waals surface area contributed by atoms with Crippen LogP contribution in [0.3, 0.4) is 0 Å². The summed E-state index contributed by atoms with van der Waals surface area (Å²) in [6.45, 7) is 0. The Morgan fingerprint density at radius 1 is 1.11 bits per heavy atom. The lowest BCUT2D eigenvalue weighted by atomic mass is 9.95. The minimum absolute atomic E-state index is 0.0515. The fraction of sp³-hybridized carbons (Fsp3) is 0.389. The number of aromatic amines is 1. The first kappa shape index (κ1) is 20.5. The summed E-state index contributed by atoms with van der Waals surface area (Å²) in [6, 6.07) is 3.23. The van der Waals surface area contributed by atoms with Crippen molar-refractivity contribution in [1.29, 1.82) is 0 Å². The van der Waals surface area contributed by atoms with Gasteiger partial charge >= 0.3 is 0 Å². The number of benzene rings is 1. The normalized spacial score (nSPS) is 14.1. The monoisotopic (exact) mass is 380 g/mol. The van der Waals surface area contributed by atoms with Crippen LogP contribution in [0.4, 0.5) is 14.5 Å². The van der Waals surface area contributed by atoms with Crippen LogP contribution in [0.25, 0.3) is 0 Å². The molecule has 7 nitrogen and oxygen atoms in total. The van der Waals surface area contributed by atoms with E-state index in [4.69, 9.17) is 5.11 Å². The zero-order chi connectivity index (χ0) is 19.8. The number of hydrogen-bond acceptors (Lipinski definition) is 4. The highest BCUT2D eigenvalue weighted by Crippen LogP contribution is 2.20. The second-order valence-electron chi connectivity index (χ2n) is 6.02. The van der Waals surface area contributed by atoms with Crippen LogP contribution in [0.2, 0.25) is 0 Å². The van der Waals surface area contributed by atoms with Gasteiger partial charge in [-0.05, 0) is 25.0 Å². The fourth-order valence-corrected chi connectivity index (χ4v) is 2.96. The van der Waals surface area contributed by atoms with Gasteiger partial charge in [-0.25, -0.2) is 8.78 Å². The zero-order valence-electron chi connectivity index (χ0n) is 14.9. The van der Waals surface area contributed by atoms with Gasteiger partial charge in [-0.1, -0.05) is 25.3 Å². The lowest BCUT2D eigenvalue weighted by Gasteiger charge is -2.22. The van der Waals surface area contributed by atoms with E-state index in [1.807, 2.05) is 0 Å². The molecule has 1 aromatic heterocycles. The lowest BCUT2D eigenvalue weighted by molar-refractivity contribution is 0.0923. The number of nitrogens with zero attached hydrogens (tertiary/aromatic N) is 1. The number of aromatic nitrogens is 2. The van der Waals surface area contributed by atoms with Crippen molar-refractivity contribution in [2.45, 2.75) is 38.1 Å². The number of amides is 2. The maximum atomic E-state index is 13.7. The number of aliphatic hydroxyl groups excluding tert-OH is 1. The molecule has 0 atom stereocenters. The Kier molecular flexibility index (Phi) is 7.42. The fourth-order valence-electron chi connectivity index (χ4n) is 2.96. The Balaban J connectivity index is 0.00000126. The molecule has 27 heavy (non-hydrogen) atoms. The molecule has 0 spiro atoms. The van der Waals surface area contributed by atoms with E-state index in [0.29, 0.717) is 0 Å². The summed E-state index contributed by atoms with van der Waals surface area (Å²) in [5.41, 5.74) is -0.584. The summed E-state index contributed by atoms with van der Waals surface area (Å²) in [4.78, 5) is 24.5. The van der Waals surface area contributed by atoms with E-state index in [1.54, 1.807) is 0 Å². The van der Waals surface area contributed by atoms with Crippen LogP contribution >= 0.6 is 0 Å². The first-order chi connectivity index (χ1) is 13.1. The summed E-state index contributed by atoms with van der Waals surface area (Å²) in [5, 5.41) is 18.5. The first-order valence-corrected chi connectivity index (χ1v) is 8.60. The van der Waals surface area contributed by atoms with Crippen LogP contribution in [-0.2, 0) is 0 Å². The molecule has 0 bridgehead atoms. The van der Waals surface area contributed by atoms with Crippen molar-refractivity contribution < 1.29 is 23.5 Å². The van der Waals surface area contributed by atoms with Gasteiger partial charge < -0.3 is 15.7 Å². The van der Waals surface area contributed by atoms with Gasteiger partial charge in [0.25, 0.3) is 11.8 Å². The van der Waals surface area contributed by atoms with E-state index >= 15 is 0 Å². The number of hydrogen-bond donors (Lipinski definition) is 4. The van der Waals surface area contributed by atoms with Crippen LogP contribution in [0, 0.1) is 11.6 Å². The number of anilines is 1. The van der Waals surface area contributed by atoms with Crippen molar-refractivity contribution in [3.05, 3.63) is 47.3 Å². The van der Waals surface area contributed by atoms with E-state index in [1.165, 1.54) is 12.3 Å². The number of aliphatic hydroxyl groups is 1. The molecule has 0 unspecified atom stereocenters. The molecule has 2 aromatic rings. The highest BCUT2D eigenvalue weighted by molar-refractivity contribution is 6.08. The molecule has 1 aliphatic rings. The second-order valence-corrected chi connectivity index (χ2v) is 6.02. The summed E-state index contributed by atoms with van der Waals surface area (Å²) in [7, 11) is 1.00. The summed E-state index contributed by atoms with van der Waals surface area (Å²) >= 11 is 0. The highest BCUT2D eigenvalue weighted by atomic mass is 19.1. The molecular weight excluding hydrogens is 358 g/mol. The molecule has 4 N–H and O–H groups in total. The van der Waals surface area contributed by atoms with E-state index in [0.717, 1.165) is 51.3 Å². The molecule has 2 amide bonds. The Hall–Kier alpha value is -2.81. The number of rotatable bonds is 4. The van der Waals surface area contributed by atoms with Crippen molar-refractivity contribution >= 4 is 17.5 Å². The number of carbonyl (C=O) groups is 2. The Labute approximate surface area is 155 Å². The van der Waals surface area contributed by atoms with Gasteiger partial charge in [0.05, 0.1) is 11.9 Å². The van der Waals surface area contributed by atoms with E-state index in [2.05, 4.69) is 20.8 Å².